The Balaban J connectivity index is 1.79. The summed E-state index contributed by atoms with van der Waals surface area (Å²) in [7, 11) is -3.37. The number of nitrogens with two attached hydrogens (primary N) is 1. The van der Waals surface area contributed by atoms with Gasteiger partial charge in [0.05, 0.1) is 12.3 Å². The van der Waals surface area contributed by atoms with E-state index in [4.69, 9.17) is 5.73 Å². The van der Waals surface area contributed by atoms with Gasteiger partial charge in [0, 0.05) is 16.3 Å². The summed E-state index contributed by atoms with van der Waals surface area (Å²) < 4.78 is 25.9. The summed E-state index contributed by atoms with van der Waals surface area (Å²) in [5, 5.41) is 12.9. The minimum atomic E-state index is -3.37. The summed E-state index contributed by atoms with van der Waals surface area (Å²) in [6.07, 6.45) is 0. The van der Waals surface area contributed by atoms with E-state index >= 15 is 0 Å². The third-order valence-electron chi connectivity index (χ3n) is 2.37. The number of aromatic amines is 1. The fourth-order valence-corrected chi connectivity index (χ4v) is 3.71. The highest BCUT2D eigenvalue weighted by Crippen LogP contribution is 2.24. The zero-order chi connectivity index (χ0) is 14.4. The van der Waals surface area contributed by atoms with Crippen molar-refractivity contribution in [1.82, 2.24) is 25.3 Å². The summed E-state index contributed by atoms with van der Waals surface area (Å²) in [6, 6.07) is 7.34. The van der Waals surface area contributed by atoms with Crippen LogP contribution in [0.3, 0.4) is 0 Å². The molecule has 2 aromatic rings. The average molecular weight is 314 g/mol. The van der Waals surface area contributed by atoms with Crippen LogP contribution in [0, 0.1) is 0 Å². The van der Waals surface area contributed by atoms with Crippen molar-refractivity contribution in [1.29, 1.82) is 0 Å². The SMILES string of the molecule is Nc1ccccc1SCCS(=O)(=O)NCc1nn[nH]n1. The molecule has 20 heavy (non-hydrogen) atoms. The number of nitrogens with one attached hydrogen (secondary N) is 2. The van der Waals surface area contributed by atoms with E-state index < -0.39 is 10.0 Å². The number of hydrogen-bond donors (Lipinski definition) is 3. The minimum Gasteiger partial charge on any atom is -0.398 e. The van der Waals surface area contributed by atoms with Gasteiger partial charge in [-0.2, -0.15) is 5.21 Å². The van der Waals surface area contributed by atoms with Crippen LogP contribution < -0.4 is 10.5 Å². The fourth-order valence-electron chi connectivity index (χ4n) is 1.38. The lowest BCUT2D eigenvalue weighted by Gasteiger charge is -2.06. The Morgan fingerprint density at radius 3 is 2.85 bits per heavy atom. The van der Waals surface area contributed by atoms with E-state index in [0.717, 1.165) is 4.90 Å². The van der Waals surface area contributed by atoms with Crippen LogP contribution >= 0.6 is 11.8 Å². The first kappa shape index (κ1) is 14.8. The summed E-state index contributed by atoms with van der Waals surface area (Å²) in [5.74, 6) is 0.702. The zero-order valence-electron chi connectivity index (χ0n) is 10.5. The second-order valence-corrected chi connectivity index (χ2v) is 6.92. The smallest absolute Gasteiger partial charge is 0.212 e. The van der Waals surface area contributed by atoms with Gasteiger partial charge in [-0.3, -0.25) is 0 Å². The van der Waals surface area contributed by atoms with Crippen molar-refractivity contribution < 1.29 is 8.42 Å². The monoisotopic (exact) mass is 314 g/mol. The van der Waals surface area contributed by atoms with E-state index in [2.05, 4.69) is 25.3 Å². The van der Waals surface area contributed by atoms with Crippen LogP contribution in [0.4, 0.5) is 5.69 Å². The summed E-state index contributed by atoms with van der Waals surface area (Å²) >= 11 is 1.40. The van der Waals surface area contributed by atoms with Gasteiger partial charge in [-0.15, -0.1) is 22.0 Å². The van der Waals surface area contributed by atoms with E-state index in [1.54, 1.807) is 6.07 Å². The molecule has 0 radical (unpaired) electrons. The van der Waals surface area contributed by atoms with Crippen molar-refractivity contribution in [2.24, 2.45) is 0 Å². The predicted octanol–water partition coefficient (Wildman–Crippen LogP) is -0.00640. The Bertz CT molecular complexity index is 644. The highest BCUT2D eigenvalue weighted by molar-refractivity contribution is 8.00. The number of tetrazole rings is 1. The number of hydrogen-bond acceptors (Lipinski definition) is 7. The van der Waals surface area contributed by atoms with Gasteiger partial charge in [0.25, 0.3) is 0 Å². The molecule has 2 rings (SSSR count). The number of sulfonamides is 1. The third kappa shape index (κ3) is 4.47. The Kier molecular flexibility index (Phi) is 4.93. The minimum absolute atomic E-state index is 0.0101. The number of rotatable bonds is 7. The number of thioether (sulfide) groups is 1. The van der Waals surface area contributed by atoms with Crippen LogP contribution in [0.25, 0.3) is 0 Å². The predicted molar refractivity (Wildman–Crippen MR) is 76.4 cm³/mol. The highest BCUT2D eigenvalue weighted by Gasteiger charge is 2.12. The van der Waals surface area contributed by atoms with Gasteiger partial charge >= 0.3 is 0 Å². The molecule has 0 saturated heterocycles. The maximum Gasteiger partial charge on any atom is 0.212 e. The van der Waals surface area contributed by atoms with E-state index in [0.29, 0.717) is 17.3 Å². The molecule has 8 nitrogen and oxygen atoms in total. The maximum absolute atomic E-state index is 11.8. The molecule has 1 aromatic heterocycles. The molecule has 0 aliphatic heterocycles. The number of nitrogens with zero attached hydrogens (tertiary/aromatic N) is 3. The van der Waals surface area contributed by atoms with E-state index in [9.17, 15) is 8.42 Å². The van der Waals surface area contributed by atoms with Crippen LogP contribution in [0.5, 0.6) is 0 Å². The summed E-state index contributed by atoms with van der Waals surface area (Å²) in [5.41, 5.74) is 6.43. The molecule has 0 bridgehead atoms. The first-order valence-electron chi connectivity index (χ1n) is 5.74. The number of para-hydroxylation sites is 1. The number of H-pyrrole nitrogens is 1. The maximum atomic E-state index is 11.8. The van der Waals surface area contributed by atoms with Crippen molar-refractivity contribution in [3.63, 3.8) is 0 Å². The van der Waals surface area contributed by atoms with Crippen LogP contribution in [0.15, 0.2) is 29.2 Å². The van der Waals surface area contributed by atoms with E-state index in [1.165, 1.54) is 11.8 Å². The largest absolute Gasteiger partial charge is 0.398 e. The Labute approximate surface area is 120 Å². The van der Waals surface area contributed by atoms with E-state index in [-0.39, 0.29) is 12.3 Å². The quantitative estimate of drug-likeness (QED) is 0.484. The first-order valence-corrected chi connectivity index (χ1v) is 8.37. The normalized spacial score (nSPS) is 11.6. The lowest BCUT2D eigenvalue weighted by atomic mass is 10.3. The molecule has 0 amide bonds. The Morgan fingerprint density at radius 1 is 1.35 bits per heavy atom. The Hall–Kier alpha value is -1.65. The molecule has 1 heterocycles. The van der Waals surface area contributed by atoms with Crippen LogP contribution in [0.2, 0.25) is 0 Å². The molecule has 0 aliphatic carbocycles. The summed E-state index contributed by atoms with van der Waals surface area (Å²) in [4.78, 5) is 0.876. The average Bonchev–Trinajstić information content (AvgIpc) is 2.92. The standard InChI is InChI=1S/C10H14N6O2S2/c11-8-3-1-2-4-9(8)19-5-6-20(17,18)12-7-10-13-15-16-14-10/h1-4,12H,5-7,11H2,(H,13,14,15,16). The number of aromatic nitrogens is 4. The molecule has 10 heteroatoms. The number of benzene rings is 1. The lowest BCUT2D eigenvalue weighted by molar-refractivity contribution is 0.581. The van der Waals surface area contributed by atoms with Crippen molar-refractivity contribution in [3.05, 3.63) is 30.1 Å². The highest BCUT2D eigenvalue weighted by atomic mass is 32.2. The van der Waals surface area contributed by atoms with Crippen molar-refractivity contribution in [2.75, 3.05) is 17.2 Å². The molecule has 0 fully saturated rings. The van der Waals surface area contributed by atoms with Gasteiger partial charge in [0.1, 0.15) is 0 Å². The van der Waals surface area contributed by atoms with E-state index in [1.807, 2.05) is 18.2 Å². The van der Waals surface area contributed by atoms with Crippen LogP contribution in [0.1, 0.15) is 5.82 Å². The first-order chi connectivity index (χ1) is 9.57. The third-order valence-corrected chi connectivity index (χ3v) is 5.04. The van der Waals surface area contributed by atoms with Crippen LogP contribution in [-0.4, -0.2) is 40.5 Å². The van der Waals surface area contributed by atoms with Gasteiger partial charge in [-0.25, -0.2) is 13.1 Å². The number of nitrogen functional groups attached to an aromatic ring is 1. The van der Waals surface area contributed by atoms with Gasteiger partial charge in [0.2, 0.25) is 10.0 Å². The molecular weight excluding hydrogens is 300 g/mol. The zero-order valence-corrected chi connectivity index (χ0v) is 12.1. The molecule has 0 unspecified atom stereocenters. The van der Waals surface area contributed by atoms with Gasteiger partial charge in [-0.05, 0) is 12.1 Å². The second kappa shape index (κ2) is 6.68. The van der Waals surface area contributed by atoms with Gasteiger partial charge in [0.15, 0.2) is 5.82 Å². The molecular formula is C10H14N6O2S2. The van der Waals surface area contributed by atoms with Crippen molar-refractivity contribution >= 4 is 27.5 Å². The van der Waals surface area contributed by atoms with Gasteiger partial charge < -0.3 is 5.73 Å². The van der Waals surface area contributed by atoms with Gasteiger partial charge in [-0.1, -0.05) is 17.3 Å². The number of anilines is 1. The van der Waals surface area contributed by atoms with Crippen molar-refractivity contribution in [2.45, 2.75) is 11.4 Å². The molecule has 0 spiro atoms. The Morgan fingerprint density at radius 2 is 2.15 bits per heavy atom. The molecule has 0 aliphatic rings. The fraction of sp³-hybridized carbons (Fsp3) is 0.300. The summed E-state index contributed by atoms with van der Waals surface area (Å²) in [6.45, 7) is 0.0248. The topological polar surface area (TPSA) is 127 Å². The molecule has 1 aromatic carbocycles. The molecule has 0 saturated carbocycles. The van der Waals surface area contributed by atoms with Crippen molar-refractivity contribution in [3.8, 4) is 0 Å². The lowest BCUT2D eigenvalue weighted by Crippen LogP contribution is -2.27. The second-order valence-electron chi connectivity index (χ2n) is 3.85. The van der Waals surface area contributed by atoms with Crippen LogP contribution in [-0.2, 0) is 16.6 Å². The molecule has 0 atom stereocenters. The molecule has 108 valence electrons. The molecule has 4 N–H and O–H groups in total.